The molecular formula is C25H25N3O5S2. The van der Waals surface area contributed by atoms with Gasteiger partial charge in [0.2, 0.25) is 0 Å². The van der Waals surface area contributed by atoms with Gasteiger partial charge in [0.25, 0.3) is 10.0 Å². The minimum absolute atomic E-state index is 0.164. The van der Waals surface area contributed by atoms with Gasteiger partial charge in [0.15, 0.2) is 10.7 Å². The van der Waals surface area contributed by atoms with Crippen molar-refractivity contribution in [3.8, 4) is 0 Å². The number of carbonyl (C=O) groups excluding carboxylic acids is 2. The fraction of sp³-hybridized carbons (Fsp3) is 0.360. The number of hydrogen-bond donors (Lipinski definition) is 0. The molecule has 0 radical (unpaired) electrons. The lowest BCUT2D eigenvalue weighted by molar-refractivity contribution is -0.134. The van der Waals surface area contributed by atoms with Crippen LogP contribution in [0, 0.1) is 0 Å². The monoisotopic (exact) mass is 511 g/mol. The Hall–Kier alpha value is -2.98. The molecular weight excluding hydrogens is 486 g/mol. The van der Waals surface area contributed by atoms with Crippen LogP contribution in [0.15, 0.2) is 58.7 Å². The lowest BCUT2D eigenvalue weighted by Crippen LogP contribution is -2.14. The molecule has 1 saturated carbocycles. The van der Waals surface area contributed by atoms with Gasteiger partial charge in [0.1, 0.15) is 5.78 Å². The molecule has 1 unspecified atom stereocenters. The van der Waals surface area contributed by atoms with Crippen molar-refractivity contribution >= 4 is 49.6 Å². The van der Waals surface area contributed by atoms with Crippen molar-refractivity contribution in [1.82, 2.24) is 8.96 Å². The number of benzene rings is 1. The summed E-state index contributed by atoms with van der Waals surface area (Å²) in [6.45, 7) is 2.00. The van der Waals surface area contributed by atoms with Crippen LogP contribution >= 0.6 is 11.8 Å². The average molecular weight is 512 g/mol. The molecule has 1 atom stereocenters. The van der Waals surface area contributed by atoms with E-state index in [9.17, 15) is 18.0 Å². The standard InChI is InChI=1S/C25H25N3O5S2/c1-2-33-25(30)24-27-22(15-34-24)21-14-28(35(31,32)19-6-4-3-5-7-19)23-20(21)12-17(13-26-23)16-8-10-18(29)11-9-16/h3-7,12-14,16,22H,2,8-11,15H2,1H3. The number of carbonyl (C=O) groups is 2. The first-order chi connectivity index (χ1) is 16.9. The maximum absolute atomic E-state index is 13.5. The quantitative estimate of drug-likeness (QED) is 0.455. The predicted molar refractivity (Wildman–Crippen MR) is 134 cm³/mol. The molecule has 0 saturated heterocycles. The zero-order valence-corrected chi connectivity index (χ0v) is 20.8. The van der Waals surface area contributed by atoms with E-state index < -0.39 is 22.0 Å². The van der Waals surface area contributed by atoms with E-state index in [1.54, 1.807) is 49.6 Å². The number of nitrogens with zero attached hydrogens (tertiary/aromatic N) is 3. The Morgan fingerprint density at radius 3 is 2.66 bits per heavy atom. The second-order valence-electron chi connectivity index (χ2n) is 8.63. The van der Waals surface area contributed by atoms with Crippen LogP contribution in [0.1, 0.15) is 55.7 Å². The molecule has 1 fully saturated rings. The van der Waals surface area contributed by atoms with E-state index in [4.69, 9.17) is 4.74 Å². The largest absolute Gasteiger partial charge is 0.461 e. The topological polar surface area (TPSA) is 108 Å². The first kappa shape index (κ1) is 23.7. The lowest BCUT2D eigenvalue weighted by Gasteiger charge is -2.21. The van der Waals surface area contributed by atoms with Crippen LogP contribution in [0.3, 0.4) is 0 Å². The third-order valence-corrected chi connectivity index (χ3v) is 9.13. The van der Waals surface area contributed by atoms with Crippen molar-refractivity contribution in [2.75, 3.05) is 12.4 Å². The van der Waals surface area contributed by atoms with Crippen molar-refractivity contribution in [2.45, 2.75) is 49.5 Å². The Bertz CT molecular complexity index is 1420. The molecule has 3 heterocycles. The molecule has 0 amide bonds. The van der Waals surface area contributed by atoms with Gasteiger partial charge >= 0.3 is 5.97 Å². The smallest absolute Gasteiger partial charge is 0.363 e. The second kappa shape index (κ2) is 9.58. The number of ether oxygens (including phenoxy) is 1. The Balaban J connectivity index is 1.62. The van der Waals surface area contributed by atoms with Gasteiger partial charge in [-0.15, -0.1) is 0 Å². The SMILES string of the molecule is CCOC(=O)C1=NC(c2cn(S(=O)(=O)c3ccccc3)c3ncc(C4CCC(=O)CC4)cc23)CS1. The number of Topliss-reactive ketones (excluding diaryl/α,β-unsaturated/α-hetero) is 1. The van der Waals surface area contributed by atoms with E-state index in [2.05, 4.69) is 9.98 Å². The molecule has 1 aliphatic heterocycles. The van der Waals surface area contributed by atoms with Crippen LogP contribution in [-0.2, 0) is 24.3 Å². The van der Waals surface area contributed by atoms with Crippen molar-refractivity contribution in [3.63, 3.8) is 0 Å². The number of aromatic nitrogens is 2. The average Bonchev–Trinajstić information content (AvgIpc) is 3.50. The molecule has 5 rings (SSSR count). The Labute approximate surface area is 207 Å². The third kappa shape index (κ3) is 4.52. The van der Waals surface area contributed by atoms with Gasteiger partial charge in [-0.25, -0.2) is 22.2 Å². The number of hydrogen-bond acceptors (Lipinski definition) is 8. The number of rotatable bonds is 6. The van der Waals surface area contributed by atoms with E-state index in [1.807, 2.05) is 6.07 Å². The zero-order chi connectivity index (χ0) is 24.6. The molecule has 1 aliphatic carbocycles. The molecule has 35 heavy (non-hydrogen) atoms. The first-order valence-electron chi connectivity index (χ1n) is 11.6. The van der Waals surface area contributed by atoms with Gasteiger partial charge in [0, 0.05) is 41.9 Å². The number of fused-ring (bicyclic) bond motifs is 1. The maximum atomic E-state index is 13.5. The fourth-order valence-corrected chi connectivity index (χ4v) is 6.91. The molecule has 8 nitrogen and oxygen atoms in total. The Morgan fingerprint density at radius 2 is 1.94 bits per heavy atom. The Kier molecular flexibility index (Phi) is 6.50. The fourth-order valence-electron chi connectivity index (χ4n) is 4.61. The van der Waals surface area contributed by atoms with Crippen molar-refractivity contribution < 1.29 is 22.7 Å². The summed E-state index contributed by atoms with van der Waals surface area (Å²) >= 11 is 1.31. The molecule has 1 aromatic carbocycles. The van der Waals surface area contributed by atoms with E-state index in [1.165, 1.54) is 15.7 Å². The van der Waals surface area contributed by atoms with E-state index in [0.717, 1.165) is 18.4 Å². The molecule has 3 aromatic rings. The number of ketones is 1. The summed E-state index contributed by atoms with van der Waals surface area (Å²) in [5.74, 6) is 0.509. The highest BCUT2D eigenvalue weighted by atomic mass is 32.2. The van der Waals surface area contributed by atoms with Crippen LogP contribution < -0.4 is 0 Å². The first-order valence-corrected chi connectivity index (χ1v) is 14.0. The normalized spacial score (nSPS) is 19.2. The van der Waals surface area contributed by atoms with Gasteiger partial charge in [-0.05, 0) is 49.4 Å². The molecule has 0 spiro atoms. The van der Waals surface area contributed by atoms with E-state index >= 15 is 0 Å². The van der Waals surface area contributed by atoms with Crippen LogP contribution in [0.5, 0.6) is 0 Å². The van der Waals surface area contributed by atoms with Crippen molar-refractivity contribution in [1.29, 1.82) is 0 Å². The molecule has 0 N–H and O–H groups in total. The number of aliphatic imine (C=N–C) groups is 1. The van der Waals surface area contributed by atoms with Crippen LogP contribution in [0.25, 0.3) is 11.0 Å². The highest BCUT2D eigenvalue weighted by Crippen LogP contribution is 2.39. The summed E-state index contributed by atoms with van der Waals surface area (Å²) in [4.78, 5) is 33.3. The zero-order valence-electron chi connectivity index (χ0n) is 19.2. The Morgan fingerprint density at radius 1 is 1.20 bits per heavy atom. The maximum Gasteiger partial charge on any atom is 0.363 e. The molecule has 10 heteroatoms. The summed E-state index contributed by atoms with van der Waals surface area (Å²) < 4.78 is 33.4. The summed E-state index contributed by atoms with van der Waals surface area (Å²) in [6, 6.07) is 9.81. The number of esters is 1. The van der Waals surface area contributed by atoms with Gasteiger partial charge < -0.3 is 4.74 Å². The van der Waals surface area contributed by atoms with Crippen molar-refractivity contribution in [3.05, 3.63) is 59.9 Å². The van der Waals surface area contributed by atoms with Gasteiger partial charge in [-0.3, -0.25) is 9.79 Å². The lowest BCUT2D eigenvalue weighted by atomic mass is 9.84. The van der Waals surface area contributed by atoms with Crippen LogP contribution in [-0.4, -0.2) is 46.5 Å². The van der Waals surface area contributed by atoms with Crippen LogP contribution in [0.4, 0.5) is 0 Å². The highest BCUT2D eigenvalue weighted by Gasteiger charge is 2.31. The predicted octanol–water partition coefficient (Wildman–Crippen LogP) is 4.25. The molecule has 2 aliphatic rings. The van der Waals surface area contributed by atoms with Crippen LogP contribution in [0.2, 0.25) is 0 Å². The summed E-state index contributed by atoms with van der Waals surface area (Å²) in [5, 5.41) is 0.983. The summed E-state index contributed by atoms with van der Waals surface area (Å²) in [5.41, 5.74) is 2.01. The molecule has 182 valence electrons. The molecule has 2 aromatic heterocycles. The highest BCUT2D eigenvalue weighted by molar-refractivity contribution is 8.16. The number of pyridine rings is 1. The minimum Gasteiger partial charge on any atom is -0.461 e. The third-order valence-electron chi connectivity index (χ3n) is 6.44. The summed E-state index contributed by atoms with van der Waals surface area (Å²) in [7, 11) is -3.90. The minimum atomic E-state index is -3.90. The van der Waals surface area contributed by atoms with Gasteiger partial charge in [-0.2, -0.15) is 0 Å². The van der Waals surface area contributed by atoms with Crippen molar-refractivity contribution in [2.24, 2.45) is 4.99 Å². The number of thioether (sulfide) groups is 1. The van der Waals surface area contributed by atoms with E-state index in [0.29, 0.717) is 40.2 Å². The van der Waals surface area contributed by atoms with Gasteiger partial charge in [-0.1, -0.05) is 30.0 Å². The molecule has 0 bridgehead atoms. The van der Waals surface area contributed by atoms with Gasteiger partial charge in [0.05, 0.1) is 17.5 Å². The summed E-state index contributed by atoms with van der Waals surface area (Å²) in [6.07, 6.45) is 5.91. The van der Waals surface area contributed by atoms with E-state index in [-0.39, 0.29) is 23.2 Å². The second-order valence-corrected chi connectivity index (χ2v) is 11.5.